The second-order valence-electron chi connectivity index (χ2n) is 9.28. The van der Waals surface area contributed by atoms with E-state index in [-0.39, 0.29) is 0 Å². The zero-order chi connectivity index (χ0) is 23.0. The summed E-state index contributed by atoms with van der Waals surface area (Å²) in [5, 5.41) is 0. The lowest BCUT2D eigenvalue weighted by Crippen LogP contribution is -2.26. The molecular weight excluding hydrogens is 388 g/mol. The van der Waals surface area contributed by atoms with E-state index < -0.39 is 0 Å². The fourth-order valence-corrected chi connectivity index (χ4v) is 4.39. The number of benzene rings is 2. The Hall–Kier alpha value is -1.64. The van der Waals surface area contributed by atoms with Crippen LogP contribution in [-0.4, -0.2) is 36.0 Å². The van der Waals surface area contributed by atoms with Gasteiger partial charge in [-0.25, -0.2) is 0 Å². The van der Waals surface area contributed by atoms with Crippen LogP contribution < -0.4 is 0 Å². The largest absolute Gasteiger partial charge is 0.299 e. The quantitative estimate of drug-likeness (QED) is 0.247. The van der Waals surface area contributed by atoms with Gasteiger partial charge in [0, 0.05) is 13.1 Å². The minimum absolute atomic E-state index is 1.06. The molecule has 2 nitrogen and oxygen atoms in total. The van der Waals surface area contributed by atoms with Crippen LogP contribution in [0.2, 0.25) is 0 Å². The van der Waals surface area contributed by atoms with Crippen LogP contribution in [0.15, 0.2) is 48.5 Å². The molecule has 0 aliphatic carbocycles. The first-order valence-corrected chi connectivity index (χ1v) is 13.3. The van der Waals surface area contributed by atoms with E-state index in [0.717, 1.165) is 13.1 Å². The molecule has 2 aromatic carbocycles. The molecule has 2 aromatic rings. The highest BCUT2D eigenvalue weighted by molar-refractivity contribution is 5.70. The van der Waals surface area contributed by atoms with Gasteiger partial charge in [0.15, 0.2) is 0 Å². The van der Waals surface area contributed by atoms with Crippen molar-refractivity contribution in [3.05, 3.63) is 59.7 Å². The molecule has 0 fully saturated rings. The molecule has 0 N–H and O–H groups in total. The second kappa shape index (κ2) is 16.0. The molecule has 2 heteroatoms. The van der Waals surface area contributed by atoms with Crippen LogP contribution >= 0.6 is 0 Å². The summed E-state index contributed by atoms with van der Waals surface area (Å²) >= 11 is 0. The Morgan fingerprint density at radius 3 is 1.09 bits per heavy atom. The van der Waals surface area contributed by atoms with Crippen LogP contribution in [0.4, 0.5) is 0 Å². The Bertz CT molecular complexity index is 660. The summed E-state index contributed by atoms with van der Waals surface area (Å²) < 4.78 is 0. The van der Waals surface area contributed by atoms with Crippen molar-refractivity contribution >= 4 is 0 Å². The van der Waals surface area contributed by atoms with E-state index in [2.05, 4.69) is 86.0 Å². The molecule has 0 heterocycles. The molecule has 178 valence electrons. The zero-order valence-corrected chi connectivity index (χ0v) is 21.4. The van der Waals surface area contributed by atoms with Crippen molar-refractivity contribution in [2.75, 3.05) is 26.2 Å². The molecule has 0 spiro atoms. The van der Waals surface area contributed by atoms with Gasteiger partial charge in [-0.1, -0.05) is 102 Å². The van der Waals surface area contributed by atoms with Gasteiger partial charge in [0.05, 0.1) is 0 Å². The average molecular weight is 437 g/mol. The topological polar surface area (TPSA) is 6.48 Å². The van der Waals surface area contributed by atoms with Gasteiger partial charge >= 0.3 is 0 Å². The van der Waals surface area contributed by atoms with Crippen molar-refractivity contribution in [1.82, 2.24) is 9.80 Å². The van der Waals surface area contributed by atoms with Crippen molar-refractivity contribution in [2.45, 2.75) is 92.2 Å². The maximum Gasteiger partial charge on any atom is 0.0239 e. The average Bonchev–Trinajstić information content (AvgIpc) is 2.83. The first-order chi connectivity index (χ1) is 15.7. The summed E-state index contributed by atoms with van der Waals surface area (Å²) in [5.41, 5.74) is 5.79. The molecule has 0 saturated heterocycles. The van der Waals surface area contributed by atoms with Crippen LogP contribution in [0, 0.1) is 0 Å². The van der Waals surface area contributed by atoms with Crippen LogP contribution in [-0.2, 0) is 13.1 Å². The molecule has 0 aromatic heterocycles. The van der Waals surface area contributed by atoms with Crippen LogP contribution in [0.5, 0.6) is 0 Å². The minimum atomic E-state index is 1.06. The van der Waals surface area contributed by atoms with Crippen molar-refractivity contribution in [3.8, 4) is 11.1 Å². The number of rotatable bonds is 17. The highest BCUT2D eigenvalue weighted by atomic mass is 15.1. The van der Waals surface area contributed by atoms with Gasteiger partial charge in [0.1, 0.15) is 0 Å². The first kappa shape index (κ1) is 26.6. The monoisotopic (exact) mass is 436 g/mol. The van der Waals surface area contributed by atoms with Crippen LogP contribution in [0.1, 0.15) is 90.2 Å². The molecule has 0 aliphatic heterocycles. The highest BCUT2D eigenvalue weighted by Gasteiger charge is 2.14. The van der Waals surface area contributed by atoms with Gasteiger partial charge < -0.3 is 0 Å². The number of hydrogen-bond donors (Lipinski definition) is 0. The minimum Gasteiger partial charge on any atom is -0.299 e. The number of nitrogens with zero attached hydrogens (tertiary/aromatic N) is 2. The molecule has 0 amide bonds. The number of hydrogen-bond acceptors (Lipinski definition) is 2. The molecule has 0 unspecified atom stereocenters. The van der Waals surface area contributed by atoms with Crippen molar-refractivity contribution in [3.63, 3.8) is 0 Å². The van der Waals surface area contributed by atoms with E-state index in [1.807, 2.05) is 0 Å². The van der Waals surface area contributed by atoms with Gasteiger partial charge in [0.25, 0.3) is 0 Å². The Balaban J connectivity index is 2.28. The molecule has 2 rings (SSSR count). The summed E-state index contributed by atoms with van der Waals surface area (Å²) in [6.07, 6.45) is 10.2. The van der Waals surface area contributed by atoms with E-state index >= 15 is 0 Å². The lowest BCUT2D eigenvalue weighted by Gasteiger charge is -2.26. The maximum absolute atomic E-state index is 2.67. The maximum atomic E-state index is 2.67. The third kappa shape index (κ3) is 9.08. The highest BCUT2D eigenvalue weighted by Crippen LogP contribution is 2.29. The lowest BCUT2D eigenvalue weighted by molar-refractivity contribution is 0.256. The summed E-state index contributed by atoms with van der Waals surface area (Å²) in [4.78, 5) is 5.34. The van der Waals surface area contributed by atoms with Gasteiger partial charge in [0.2, 0.25) is 0 Å². The predicted molar refractivity (Wildman–Crippen MR) is 142 cm³/mol. The smallest absolute Gasteiger partial charge is 0.0239 e. The fourth-order valence-electron chi connectivity index (χ4n) is 4.39. The van der Waals surface area contributed by atoms with E-state index in [0.29, 0.717) is 0 Å². The van der Waals surface area contributed by atoms with Gasteiger partial charge in [-0.3, -0.25) is 9.80 Å². The fraction of sp³-hybridized carbons (Fsp3) is 0.600. The molecular formula is C30H48N2. The Kier molecular flexibility index (Phi) is 13.3. The summed E-state index contributed by atoms with van der Waals surface area (Å²) in [5.74, 6) is 0. The zero-order valence-electron chi connectivity index (χ0n) is 21.4. The second-order valence-corrected chi connectivity index (χ2v) is 9.28. The van der Waals surface area contributed by atoms with Gasteiger partial charge in [-0.05, 0) is 74.1 Å². The normalized spacial score (nSPS) is 11.6. The molecule has 0 aliphatic rings. The van der Waals surface area contributed by atoms with Crippen LogP contribution in [0.25, 0.3) is 11.1 Å². The third-order valence-corrected chi connectivity index (χ3v) is 6.42. The lowest BCUT2D eigenvalue weighted by atomic mass is 9.94. The van der Waals surface area contributed by atoms with E-state index in [1.54, 1.807) is 0 Å². The van der Waals surface area contributed by atoms with E-state index in [1.165, 1.54) is 99.8 Å². The van der Waals surface area contributed by atoms with E-state index in [9.17, 15) is 0 Å². The van der Waals surface area contributed by atoms with Gasteiger partial charge in [-0.2, -0.15) is 0 Å². The molecule has 0 saturated carbocycles. The Morgan fingerprint density at radius 2 is 0.781 bits per heavy atom. The molecule has 0 bridgehead atoms. The third-order valence-electron chi connectivity index (χ3n) is 6.42. The Labute approximate surface area is 199 Å². The Morgan fingerprint density at radius 1 is 0.469 bits per heavy atom. The number of unbranched alkanes of at least 4 members (excludes halogenated alkanes) is 4. The molecule has 32 heavy (non-hydrogen) atoms. The summed E-state index contributed by atoms with van der Waals surface area (Å²) in [7, 11) is 0. The van der Waals surface area contributed by atoms with Gasteiger partial charge in [-0.15, -0.1) is 0 Å². The van der Waals surface area contributed by atoms with Crippen molar-refractivity contribution in [2.24, 2.45) is 0 Å². The van der Waals surface area contributed by atoms with E-state index in [4.69, 9.17) is 0 Å². The first-order valence-electron chi connectivity index (χ1n) is 13.3. The predicted octanol–water partition coefficient (Wildman–Crippen LogP) is 8.16. The standard InChI is InChI=1S/C30H48N2/c1-5-9-21-31(22-10-6-2)25-27-17-13-15-19-29(27)30-20-16-14-18-28(30)26-32(23-11-7-3)24-12-8-4/h13-20H,5-12,21-26H2,1-4H3. The molecule has 0 radical (unpaired) electrons. The summed E-state index contributed by atoms with van der Waals surface area (Å²) in [6.45, 7) is 16.1. The molecule has 0 atom stereocenters. The SMILES string of the molecule is CCCCN(CCCC)Cc1ccccc1-c1ccccc1CN(CCCC)CCCC. The van der Waals surface area contributed by atoms with Crippen molar-refractivity contribution < 1.29 is 0 Å². The summed E-state index contributed by atoms with van der Waals surface area (Å²) in [6, 6.07) is 18.2. The van der Waals surface area contributed by atoms with Crippen molar-refractivity contribution in [1.29, 1.82) is 0 Å². The van der Waals surface area contributed by atoms with Crippen LogP contribution in [0.3, 0.4) is 0 Å².